The zero-order chi connectivity index (χ0) is 21.8. The van der Waals surface area contributed by atoms with E-state index in [1.54, 1.807) is 30.0 Å². The molecule has 1 fully saturated rings. The third-order valence-corrected chi connectivity index (χ3v) is 5.34. The molecule has 0 unspecified atom stereocenters. The number of carbonyl (C=O) groups excluding carboxylic acids is 2. The van der Waals surface area contributed by atoms with Crippen LogP contribution in [0.25, 0.3) is 11.0 Å². The number of ether oxygens (including phenoxy) is 1. The van der Waals surface area contributed by atoms with Crippen molar-refractivity contribution in [3.05, 3.63) is 59.4 Å². The van der Waals surface area contributed by atoms with E-state index in [9.17, 15) is 9.59 Å². The number of halogens is 1. The van der Waals surface area contributed by atoms with E-state index in [-0.39, 0.29) is 17.7 Å². The van der Waals surface area contributed by atoms with E-state index in [4.69, 9.17) is 16.3 Å². The second-order valence-electron chi connectivity index (χ2n) is 7.01. The Morgan fingerprint density at radius 3 is 2.55 bits per heavy atom. The monoisotopic (exact) mass is 439 g/mol. The summed E-state index contributed by atoms with van der Waals surface area (Å²) in [6.45, 7) is 4.29. The molecule has 2 aromatic carbocycles. The van der Waals surface area contributed by atoms with Crippen molar-refractivity contribution < 1.29 is 14.3 Å². The Morgan fingerprint density at radius 2 is 1.81 bits per heavy atom. The lowest BCUT2D eigenvalue weighted by Gasteiger charge is -2.36. The summed E-state index contributed by atoms with van der Waals surface area (Å²) < 4.78 is 5.07. The molecule has 1 saturated heterocycles. The maximum Gasteiger partial charge on any atom is 0.409 e. The van der Waals surface area contributed by atoms with Crippen molar-refractivity contribution in [2.75, 3.05) is 43.0 Å². The minimum Gasteiger partial charge on any atom is -0.450 e. The first-order chi connectivity index (χ1) is 15.1. The number of anilines is 2. The molecule has 160 valence electrons. The van der Waals surface area contributed by atoms with E-state index in [2.05, 4.69) is 20.2 Å². The van der Waals surface area contributed by atoms with Crippen LogP contribution in [0.4, 0.5) is 16.2 Å². The Bertz CT molecular complexity index is 1120. The molecule has 4 rings (SSSR count). The first kappa shape index (κ1) is 20.9. The van der Waals surface area contributed by atoms with Crippen LogP contribution in [0.1, 0.15) is 17.4 Å². The number of hydrogen-bond donors (Lipinski definition) is 1. The van der Waals surface area contributed by atoms with Crippen molar-refractivity contribution in [1.82, 2.24) is 14.9 Å². The molecule has 0 radical (unpaired) electrons. The van der Waals surface area contributed by atoms with E-state index < -0.39 is 0 Å². The molecular formula is C22H22ClN5O3. The number of nitrogens with zero attached hydrogens (tertiary/aromatic N) is 4. The molecule has 1 aromatic heterocycles. The van der Waals surface area contributed by atoms with Crippen LogP contribution in [0, 0.1) is 0 Å². The van der Waals surface area contributed by atoms with Gasteiger partial charge in [-0.3, -0.25) is 9.78 Å². The van der Waals surface area contributed by atoms with Gasteiger partial charge in [-0.1, -0.05) is 29.8 Å². The number of rotatable bonds is 4. The van der Waals surface area contributed by atoms with Gasteiger partial charge in [-0.2, -0.15) is 0 Å². The average molecular weight is 440 g/mol. The molecule has 8 nitrogen and oxygen atoms in total. The number of aromatic nitrogens is 2. The molecule has 0 atom stereocenters. The minimum absolute atomic E-state index is 0.219. The Labute approximate surface area is 184 Å². The van der Waals surface area contributed by atoms with E-state index in [0.29, 0.717) is 49.0 Å². The molecule has 2 amide bonds. The molecule has 0 aliphatic carbocycles. The van der Waals surface area contributed by atoms with Crippen molar-refractivity contribution >= 4 is 46.0 Å². The van der Waals surface area contributed by atoms with Gasteiger partial charge in [0.1, 0.15) is 5.69 Å². The van der Waals surface area contributed by atoms with Crippen LogP contribution >= 0.6 is 11.6 Å². The van der Waals surface area contributed by atoms with Crippen LogP contribution in [-0.4, -0.2) is 59.7 Å². The summed E-state index contributed by atoms with van der Waals surface area (Å²) >= 11 is 6.49. The summed E-state index contributed by atoms with van der Waals surface area (Å²) in [5.41, 5.74) is 2.89. The Morgan fingerprint density at radius 1 is 1.06 bits per heavy atom. The first-order valence-electron chi connectivity index (χ1n) is 10.0. The maximum absolute atomic E-state index is 12.9. The van der Waals surface area contributed by atoms with Crippen molar-refractivity contribution in [3.8, 4) is 0 Å². The molecule has 1 aliphatic heterocycles. The number of hydrogen-bond acceptors (Lipinski definition) is 6. The predicted octanol–water partition coefficient (Wildman–Crippen LogP) is 3.81. The second kappa shape index (κ2) is 9.18. The summed E-state index contributed by atoms with van der Waals surface area (Å²) in [4.78, 5) is 37.3. The molecule has 0 saturated carbocycles. The molecule has 9 heteroatoms. The van der Waals surface area contributed by atoms with Crippen LogP contribution in [0.2, 0.25) is 5.02 Å². The smallest absolute Gasteiger partial charge is 0.409 e. The van der Waals surface area contributed by atoms with Crippen molar-refractivity contribution in [2.24, 2.45) is 0 Å². The topological polar surface area (TPSA) is 87.7 Å². The fourth-order valence-corrected chi connectivity index (χ4v) is 3.81. The number of para-hydroxylation sites is 3. The SMILES string of the molecule is CCOC(=O)N1CCN(c2c(Cl)cccc2NC(=O)c2cnc3ccccc3n2)CC1. The van der Waals surface area contributed by atoms with Crippen LogP contribution in [0.15, 0.2) is 48.7 Å². The first-order valence-corrected chi connectivity index (χ1v) is 10.4. The molecule has 1 aliphatic rings. The van der Waals surface area contributed by atoms with Crippen molar-refractivity contribution in [1.29, 1.82) is 0 Å². The van der Waals surface area contributed by atoms with Gasteiger partial charge in [0.2, 0.25) is 0 Å². The van der Waals surface area contributed by atoms with E-state index >= 15 is 0 Å². The van der Waals surface area contributed by atoms with Crippen LogP contribution in [0.3, 0.4) is 0 Å². The lowest BCUT2D eigenvalue weighted by Crippen LogP contribution is -2.49. The quantitative estimate of drug-likeness (QED) is 0.665. The summed E-state index contributed by atoms with van der Waals surface area (Å²) in [6.07, 6.45) is 1.14. The van der Waals surface area contributed by atoms with Crippen molar-refractivity contribution in [2.45, 2.75) is 6.92 Å². The van der Waals surface area contributed by atoms with Gasteiger partial charge in [0, 0.05) is 26.2 Å². The number of benzene rings is 2. The van der Waals surface area contributed by atoms with Crippen LogP contribution < -0.4 is 10.2 Å². The third kappa shape index (κ3) is 4.54. The van der Waals surface area contributed by atoms with Gasteiger partial charge >= 0.3 is 6.09 Å². The minimum atomic E-state index is -0.369. The molecule has 3 aromatic rings. The zero-order valence-electron chi connectivity index (χ0n) is 17.0. The predicted molar refractivity (Wildman–Crippen MR) is 120 cm³/mol. The highest BCUT2D eigenvalue weighted by Gasteiger charge is 2.25. The van der Waals surface area contributed by atoms with Gasteiger partial charge in [-0.15, -0.1) is 0 Å². The molecule has 0 bridgehead atoms. The third-order valence-electron chi connectivity index (χ3n) is 5.04. The van der Waals surface area contributed by atoms with Gasteiger partial charge in [-0.05, 0) is 31.2 Å². The Kier molecular flexibility index (Phi) is 6.18. The fraction of sp³-hybridized carbons (Fsp3) is 0.273. The van der Waals surface area contributed by atoms with Gasteiger partial charge < -0.3 is 19.9 Å². The summed E-state index contributed by atoms with van der Waals surface area (Å²) in [5, 5.41) is 3.43. The van der Waals surface area contributed by atoms with E-state index in [1.165, 1.54) is 6.20 Å². The van der Waals surface area contributed by atoms with Gasteiger partial charge in [0.15, 0.2) is 0 Å². The molecule has 31 heavy (non-hydrogen) atoms. The lowest BCUT2D eigenvalue weighted by atomic mass is 10.2. The van der Waals surface area contributed by atoms with Crippen molar-refractivity contribution in [3.63, 3.8) is 0 Å². The molecule has 2 heterocycles. The Hall–Kier alpha value is -3.39. The van der Waals surface area contributed by atoms with Crippen LogP contribution in [0.5, 0.6) is 0 Å². The lowest BCUT2D eigenvalue weighted by molar-refractivity contribution is 0.102. The largest absolute Gasteiger partial charge is 0.450 e. The highest BCUT2D eigenvalue weighted by atomic mass is 35.5. The van der Waals surface area contributed by atoms with E-state index in [1.807, 2.05) is 24.3 Å². The number of carbonyl (C=O) groups is 2. The standard InChI is InChI=1S/C22H22ClN5O3/c1-2-31-22(30)28-12-10-27(11-13-28)20-15(23)6-5-9-18(20)26-21(29)19-14-24-16-7-3-4-8-17(16)25-19/h3-9,14H,2,10-13H2,1H3,(H,26,29). The number of amides is 2. The average Bonchev–Trinajstić information content (AvgIpc) is 2.79. The van der Waals surface area contributed by atoms with Gasteiger partial charge in [0.25, 0.3) is 5.91 Å². The second-order valence-corrected chi connectivity index (χ2v) is 7.41. The fourth-order valence-electron chi connectivity index (χ4n) is 3.52. The summed E-state index contributed by atoms with van der Waals surface area (Å²) in [7, 11) is 0. The van der Waals surface area contributed by atoms with Gasteiger partial charge in [-0.25, -0.2) is 9.78 Å². The normalized spacial score (nSPS) is 13.9. The molecule has 0 spiro atoms. The highest BCUT2D eigenvalue weighted by Crippen LogP contribution is 2.35. The highest BCUT2D eigenvalue weighted by molar-refractivity contribution is 6.34. The molecular weight excluding hydrogens is 418 g/mol. The Balaban J connectivity index is 1.52. The van der Waals surface area contributed by atoms with E-state index in [0.717, 1.165) is 11.2 Å². The number of piperazine rings is 1. The summed E-state index contributed by atoms with van der Waals surface area (Å²) in [5.74, 6) is -0.369. The van der Waals surface area contributed by atoms with Gasteiger partial charge in [0.05, 0.1) is 40.2 Å². The zero-order valence-corrected chi connectivity index (χ0v) is 17.8. The maximum atomic E-state index is 12.9. The summed E-state index contributed by atoms with van der Waals surface area (Å²) in [6, 6.07) is 12.7. The van der Waals surface area contributed by atoms with Crippen LogP contribution in [-0.2, 0) is 4.74 Å². The molecule has 1 N–H and O–H groups in total. The number of nitrogens with one attached hydrogen (secondary N) is 1. The number of fused-ring (bicyclic) bond motifs is 1.